The van der Waals surface area contributed by atoms with E-state index in [9.17, 15) is 9.18 Å². The summed E-state index contributed by atoms with van der Waals surface area (Å²) in [7, 11) is 0. The zero-order chi connectivity index (χ0) is 31.0. The van der Waals surface area contributed by atoms with Crippen LogP contribution in [0.5, 0.6) is 5.75 Å². The van der Waals surface area contributed by atoms with Crippen LogP contribution in [0.15, 0.2) is 103 Å². The van der Waals surface area contributed by atoms with Crippen molar-refractivity contribution < 1.29 is 19.0 Å². The summed E-state index contributed by atoms with van der Waals surface area (Å²) in [6.45, 7) is 8.69. The summed E-state index contributed by atoms with van der Waals surface area (Å²) < 4.78 is 20.3. The van der Waals surface area contributed by atoms with Crippen LogP contribution in [-0.2, 0) is 11.8 Å². The number of carboxylic acids is 1. The first-order valence-electron chi connectivity index (χ1n) is 15.1. The number of pyridine rings is 1. The summed E-state index contributed by atoms with van der Waals surface area (Å²) in [4.78, 5) is 14.7. The highest BCUT2D eigenvalue weighted by atomic mass is 19.1. The third-order valence-electron chi connectivity index (χ3n) is 8.54. The fourth-order valence-corrected chi connectivity index (χ4v) is 6.79. The van der Waals surface area contributed by atoms with Gasteiger partial charge >= 0.3 is 5.97 Å². The predicted molar refractivity (Wildman–Crippen MR) is 176 cm³/mol. The molecule has 0 amide bonds. The minimum absolute atomic E-state index is 0.0262. The number of rotatable bonds is 4. The second-order valence-corrected chi connectivity index (χ2v) is 12.5. The Kier molecular flexibility index (Phi) is 7.81. The first-order chi connectivity index (χ1) is 21.1. The van der Waals surface area contributed by atoms with Crippen LogP contribution >= 0.6 is 0 Å². The van der Waals surface area contributed by atoms with Gasteiger partial charge in [-0.1, -0.05) is 68.4 Å². The number of benzene rings is 5. The van der Waals surface area contributed by atoms with E-state index in [2.05, 4.69) is 67.4 Å². The average molecular weight is 586 g/mol. The quantitative estimate of drug-likeness (QED) is 0.209. The normalized spacial score (nSPS) is 15.5. The standard InChI is InChI=1S/C29H29FO.C10H7NO2/c1-18(2)31-27-14-11-22(30)16-26(27)21-15-20-10-12-24-23-8-6-5-7-19(23)9-13-25(24)28(20)29(3,4)17-21;12-10(13)8-3-4-9-7(6-8)2-1-5-11-9/h5-14,16,18,21H,15,17H2,1-4H3;1-6H,(H,12,13). The molecule has 0 spiro atoms. The molecule has 0 saturated carbocycles. The molecule has 0 fully saturated rings. The average Bonchev–Trinajstić information content (AvgIpc) is 3.00. The van der Waals surface area contributed by atoms with Crippen LogP contribution < -0.4 is 4.74 Å². The van der Waals surface area contributed by atoms with Gasteiger partial charge in [-0.2, -0.15) is 0 Å². The number of ether oxygens (including phenoxy) is 1. The first kappa shape index (κ1) is 29.3. The minimum atomic E-state index is -0.911. The molecule has 6 aromatic rings. The second kappa shape index (κ2) is 11.7. The van der Waals surface area contributed by atoms with Gasteiger partial charge in [0.15, 0.2) is 0 Å². The molecule has 0 radical (unpaired) electrons. The number of aromatic carboxylic acids is 1. The van der Waals surface area contributed by atoms with Gasteiger partial charge in [0.1, 0.15) is 11.6 Å². The van der Waals surface area contributed by atoms with Crippen molar-refractivity contribution in [3.05, 3.63) is 131 Å². The van der Waals surface area contributed by atoms with Gasteiger partial charge in [0, 0.05) is 17.1 Å². The summed E-state index contributed by atoms with van der Waals surface area (Å²) in [5, 5.41) is 14.8. The summed E-state index contributed by atoms with van der Waals surface area (Å²) in [5.74, 6) is -0.0669. The maximum absolute atomic E-state index is 14.2. The molecule has 1 heterocycles. The number of fused-ring (bicyclic) bond motifs is 6. The van der Waals surface area contributed by atoms with Gasteiger partial charge < -0.3 is 9.84 Å². The highest BCUT2D eigenvalue weighted by molar-refractivity contribution is 6.09. The Hall–Kier alpha value is -4.77. The lowest BCUT2D eigenvalue weighted by molar-refractivity contribution is 0.0697. The van der Waals surface area contributed by atoms with Gasteiger partial charge in [-0.05, 0) is 113 Å². The molecule has 0 bridgehead atoms. The van der Waals surface area contributed by atoms with E-state index >= 15 is 0 Å². The van der Waals surface area contributed by atoms with E-state index in [-0.39, 0.29) is 23.3 Å². The highest BCUT2D eigenvalue weighted by Gasteiger charge is 2.36. The van der Waals surface area contributed by atoms with Crippen molar-refractivity contribution in [1.29, 1.82) is 0 Å². The van der Waals surface area contributed by atoms with Crippen molar-refractivity contribution in [2.45, 2.75) is 58.0 Å². The monoisotopic (exact) mass is 585 g/mol. The van der Waals surface area contributed by atoms with Gasteiger partial charge in [-0.3, -0.25) is 4.98 Å². The summed E-state index contributed by atoms with van der Waals surface area (Å²) in [6.07, 6.45) is 3.61. The SMILES string of the molecule is CC(C)Oc1ccc(F)cc1C1Cc2ccc3c(ccc4ccccc43)c2C(C)(C)C1.O=C(O)c1ccc2ncccc2c1. The molecule has 0 aliphatic heterocycles. The fraction of sp³-hybridized carbons (Fsp3) is 0.231. The zero-order valence-electron chi connectivity index (χ0n) is 25.5. The van der Waals surface area contributed by atoms with E-state index in [0.29, 0.717) is 5.56 Å². The van der Waals surface area contributed by atoms with Crippen LogP contribution in [0.25, 0.3) is 32.4 Å². The van der Waals surface area contributed by atoms with Gasteiger partial charge in [0.05, 0.1) is 17.2 Å². The predicted octanol–water partition coefficient (Wildman–Crippen LogP) is 9.86. The van der Waals surface area contributed by atoms with Crippen molar-refractivity contribution in [2.75, 3.05) is 0 Å². The smallest absolute Gasteiger partial charge is 0.335 e. The van der Waals surface area contributed by atoms with Crippen molar-refractivity contribution in [3.8, 4) is 5.75 Å². The third kappa shape index (κ3) is 5.74. The van der Waals surface area contributed by atoms with Crippen LogP contribution in [0.1, 0.15) is 67.1 Å². The Morgan fingerprint density at radius 1 is 0.886 bits per heavy atom. The van der Waals surface area contributed by atoms with Crippen LogP contribution in [0, 0.1) is 5.82 Å². The van der Waals surface area contributed by atoms with E-state index in [4.69, 9.17) is 9.84 Å². The molecular formula is C39H36FNO3. The molecule has 7 rings (SSSR count). The maximum atomic E-state index is 14.2. The van der Waals surface area contributed by atoms with E-state index < -0.39 is 5.97 Å². The Balaban J connectivity index is 0.000000220. The Labute approximate surface area is 257 Å². The summed E-state index contributed by atoms with van der Waals surface area (Å²) in [5.41, 5.74) is 4.87. The molecule has 1 N–H and O–H groups in total. The molecule has 5 aromatic carbocycles. The number of nitrogens with zero attached hydrogens (tertiary/aromatic N) is 1. The number of aromatic nitrogens is 1. The lowest BCUT2D eigenvalue weighted by Gasteiger charge is -2.39. The van der Waals surface area contributed by atoms with Crippen molar-refractivity contribution in [3.63, 3.8) is 0 Å². The van der Waals surface area contributed by atoms with E-state index in [1.165, 1.54) is 38.7 Å². The van der Waals surface area contributed by atoms with Gasteiger partial charge in [0.2, 0.25) is 0 Å². The van der Waals surface area contributed by atoms with Crippen molar-refractivity contribution in [2.24, 2.45) is 0 Å². The third-order valence-corrected chi connectivity index (χ3v) is 8.54. The van der Waals surface area contributed by atoms with Crippen LogP contribution in [-0.4, -0.2) is 22.2 Å². The summed E-state index contributed by atoms with van der Waals surface area (Å²) >= 11 is 0. The van der Waals surface area contributed by atoms with Gasteiger partial charge in [0.25, 0.3) is 0 Å². The maximum Gasteiger partial charge on any atom is 0.335 e. The van der Waals surface area contributed by atoms with E-state index in [1.807, 2.05) is 19.9 Å². The first-order valence-corrected chi connectivity index (χ1v) is 15.1. The Bertz CT molecular complexity index is 2010. The minimum Gasteiger partial charge on any atom is -0.491 e. The number of halogens is 1. The topological polar surface area (TPSA) is 59.4 Å². The van der Waals surface area contributed by atoms with Crippen LogP contribution in [0.3, 0.4) is 0 Å². The Morgan fingerprint density at radius 2 is 1.66 bits per heavy atom. The van der Waals surface area contributed by atoms with Gasteiger partial charge in [-0.25, -0.2) is 9.18 Å². The van der Waals surface area contributed by atoms with Crippen molar-refractivity contribution in [1.82, 2.24) is 4.98 Å². The lowest BCUT2D eigenvalue weighted by Crippen LogP contribution is -2.29. The molecule has 44 heavy (non-hydrogen) atoms. The summed E-state index contributed by atoms with van der Waals surface area (Å²) in [6, 6.07) is 31.2. The van der Waals surface area contributed by atoms with Crippen LogP contribution in [0.4, 0.5) is 4.39 Å². The van der Waals surface area contributed by atoms with Gasteiger partial charge in [-0.15, -0.1) is 0 Å². The molecule has 1 aromatic heterocycles. The molecule has 1 atom stereocenters. The number of carboxylic acid groups (broad SMARTS) is 1. The van der Waals surface area contributed by atoms with E-state index in [0.717, 1.165) is 35.1 Å². The molecule has 0 saturated heterocycles. The molecule has 222 valence electrons. The molecular weight excluding hydrogens is 549 g/mol. The van der Waals surface area contributed by atoms with Crippen molar-refractivity contribution >= 4 is 38.4 Å². The molecule has 1 aliphatic carbocycles. The van der Waals surface area contributed by atoms with E-state index in [1.54, 1.807) is 42.6 Å². The number of carbonyl (C=O) groups is 1. The second-order valence-electron chi connectivity index (χ2n) is 12.5. The highest BCUT2D eigenvalue weighted by Crippen LogP contribution is 2.48. The number of hydrogen-bond donors (Lipinski definition) is 1. The molecule has 1 aliphatic rings. The molecule has 1 unspecified atom stereocenters. The lowest BCUT2D eigenvalue weighted by atomic mass is 9.65. The van der Waals surface area contributed by atoms with Crippen LogP contribution in [0.2, 0.25) is 0 Å². The largest absolute Gasteiger partial charge is 0.491 e. The Morgan fingerprint density at radius 3 is 2.45 bits per heavy atom. The molecule has 4 nitrogen and oxygen atoms in total. The fourth-order valence-electron chi connectivity index (χ4n) is 6.79. The number of hydrogen-bond acceptors (Lipinski definition) is 3. The molecule has 5 heteroatoms. The zero-order valence-corrected chi connectivity index (χ0v) is 25.5.